The SMILES string of the molecule is C=CC(=O)N1CCc2c(cccc2-c2ccc(C(N)=O)c3c2C2=C(CCC4(CCC4)C2)C3)C1. The number of nitrogens with zero attached hydrogens (tertiary/aromatic N) is 1. The molecule has 1 fully saturated rings. The van der Waals surface area contributed by atoms with Crippen LogP contribution in [0.15, 0.2) is 48.6 Å². The molecule has 0 atom stereocenters. The molecule has 1 saturated carbocycles. The summed E-state index contributed by atoms with van der Waals surface area (Å²) in [6.07, 6.45) is 10.7. The Kier molecular flexibility index (Phi) is 4.62. The van der Waals surface area contributed by atoms with Crippen molar-refractivity contribution in [2.75, 3.05) is 6.54 Å². The van der Waals surface area contributed by atoms with E-state index in [0.29, 0.717) is 24.1 Å². The van der Waals surface area contributed by atoms with Crippen LogP contribution in [-0.4, -0.2) is 23.3 Å². The van der Waals surface area contributed by atoms with Crippen LogP contribution in [0.4, 0.5) is 0 Å². The number of carbonyl (C=O) groups excluding carboxylic acids is 2. The molecule has 1 spiro atoms. The number of carbonyl (C=O) groups is 2. The van der Waals surface area contributed by atoms with Crippen molar-refractivity contribution in [3.8, 4) is 11.1 Å². The van der Waals surface area contributed by atoms with Gasteiger partial charge in [0.15, 0.2) is 0 Å². The van der Waals surface area contributed by atoms with Gasteiger partial charge in [0.25, 0.3) is 0 Å². The molecule has 4 aliphatic rings. The van der Waals surface area contributed by atoms with Crippen LogP contribution >= 0.6 is 0 Å². The normalized spacial score (nSPS) is 20.1. The first-order valence-corrected chi connectivity index (χ1v) is 12.2. The van der Waals surface area contributed by atoms with Gasteiger partial charge < -0.3 is 10.6 Å². The zero-order valence-corrected chi connectivity index (χ0v) is 19.1. The summed E-state index contributed by atoms with van der Waals surface area (Å²) in [5.74, 6) is -0.342. The van der Waals surface area contributed by atoms with Crippen LogP contribution in [0.3, 0.4) is 0 Å². The second-order valence-electron chi connectivity index (χ2n) is 10.3. The minimum Gasteiger partial charge on any atom is -0.366 e. The lowest BCUT2D eigenvalue weighted by atomic mass is 9.59. The molecular formula is C29H30N2O2. The van der Waals surface area contributed by atoms with Crippen molar-refractivity contribution in [3.63, 3.8) is 0 Å². The van der Waals surface area contributed by atoms with Gasteiger partial charge in [0.2, 0.25) is 11.8 Å². The largest absolute Gasteiger partial charge is 0.366 e. The van der Waals surface area contributed by atoms with Crippen LogP contribution in [0.2, 0.25) is 0 Å². The van der Waals surface area contributed by atoms with E-state index in [1.54, 1.807) is 0 Å². The fourth-order valence-corrected chi connectivity index (χ4v) is 6.74. The minimum atomic E-state index is -0.329. The average molecular weight is 439 g/mol. The average Bonchev–Trinajstić information content (AvgIpc) is 3.19. The van der Waals surface area contributed by atoms with Crippen molar-refractivity contribution in [3.05, 3.63) is 76.4 Å². The maximum atomic E-state index is 12.3. The second-order valence-corrected chi connectivity index (χ2v) is 10.3. The van der Waals surface area contributed by atoms with Gasteiger partial charge in [0, 0.05) is 18.7 Å². The molecule has 33 heavy (non-hydrogen) atoms. The molecule has 4 nitrogen and oxygen atoms in total. The smallest absolute Gasteiger partial charge is 0.249 e. The van der Waals surface area contributed by atoms with E-state index in [-0.39, 0.29) is 11.8 Å². The lowest BCUT2D eigenvalue weighted by Gasteiger charge is -2.45. The number of primary amides is 1. The van der Waals surface area contributed by atoms with E-state index >= 15 is 0 Å². The number of fused-ring (bicyclic) bond motifs is 3. The highest BCUT2D eigenvalue weighted by Crippen LogP contribution is 2.58. The second kappa shape index (κ2) is 7.44. The van der Waals surface area contributed by atoms with Crippen molar-refractivity contribution in [1.29, 1.82) is 0 Å². The third kappa shape index (κ3) is 3.11. The van der Waals surface area contributed by atoms with Gasteiger partial charge in [-0.1, -0.05) is 42.8 Å². The molecular weight excluding hydrogens is 408 g/mol. The van der Waals surface area contributed by atoms with Crippen LogP contribution in [0, 0.1) is 5.41 Å². The first-order valence-electron chi connectivity index (χ1n) is 12.2. The predicted molar refractivity (Wildman–Crippen MR) is 130 cm³/mol. The molecule has 0 bridgehead atoms. The summed E-state index contributed by atoms with van der Waals surface area (Å²) in [6, 6.07) is 10.5. The highest BCUT2D eigenvalue weighted by Gasteiger charge is 2.43. The van der Waals surface area contributed by atoms with Crippen LogP contribution in [-0.2, 0) is 24.2 Å². The highest BCUT2D eigenvalue weighted by molar-refractivity contribution is 6.00. The zero-order chi connectivity index (χ0) is 22.7. The molecule has 0 saturated heterocycles. The summed E-state index contributed by atoms with van der Waals surface area (Å²) in [4.78, 5) is 26.4. The van der Waals surface area contributed by atoms with Gasteiger partial charge >= 0.3 is 0 Å². The zero-order valence-electron chi connectivity index (χ0n) is 19.1. The molecule has 168 valence electrons. The monoisotopic (exact) mass is 438 g/mol. The molecule has 2 aromatic rings. The van der Waals surface area contributed by atoms with Gasteiger partial charge in [-0.2, -0.15) is 0 Å². The molecule has 2 amide bonds. The predicted octanol–water partition coefficient (Wildman–Crippen LogP) is 5.19. The molecule has 0 aromatic heterocycles. The van der Waals surface area contributed by atoms with E-state index in [1.807, 2.05) is 11.0 Å². The Morgan fingerprint density at radius 2 is 1.88 bits per heavy atom. The summed E-state index contributed by atoms with van der Waals surface area (Å²) < 4.78 is 0. The molecule has 2 N–H and O–H groups in total. The topological polar surface area (TPSA) is 63.4 Å². The lowest BCUT2D eigenvalue weighted by Crippen LogP contribution is -2.35. The van der Waals surface area contributed by atoms with Crippen molar-refractivity contribution in [2.24, 2.45) is 11.1 Å². The Bertz CT molecular complexity index is 1250. The first kappa shape index (κ1) is 20.5. The summed E-state index contributed by atoms with van der Waals surface area (Å²) in [6.45, 7) is 4.97. The molecule has 1 heterocycles. The van der Waals surface area contributed by atoms with Crippen molar-refractivity contribution >= 4 is 17.4 Å². The fourth-order valence-electron chi connectivity index (χ4n) is 6.74. The third-order valence-electron chi connectivity index (χ3n) is 8.66. The summed E-state index contributed by atoms with van der Waals surface area (Å²) >= 11 is 0. The molecule has 4 heteroatoms. The number of hydrogen-bond donors (Lipinski definition) is 1. The number of amides is 2. The van der Waals surface area contributed by atoms with Gasteiger partial charge in [0.05, 0.1) is 0 Å². The number of allylic oxidation sites excluding steroid dienone is 2. The highest BCUT2D eigenvalue weighted by atomic mass is 16.2. The first-order chi connectivity index (χ1) is 16.0. The van der Waals surface area contributed by atoms with Gasteiger partial charge in [-0.3, -0.25) is 9.59 Å². The van der Waals surface area contributed by atoms with Crippen molar-refractivity contribution in [2.45, 2.75) is 57.9 Å². The molecule has 6 rings (SSSR count). The number of benzene rings is 2. The van der Waals surface area contributed by atoms with Crippen LogP contribution in [0.1, 0.15) is 71.1 Å². The Morgan fingerprint density at radius 3 is 2.61 bits per heavy atom. The minimum absolute atomic E-state index is 0.0134. The number of nitrogens with two attached hydrogens (primary N) is 1. The van der Waals surface area contributed by atoms with E-state index in [9.17, 15) is 9.59 Å². The van der Waals surface area contributed by atoms with E-state index in [4.69, 9.17) is 5.73 Å². The van der Waals surface area contributed by atoms with Crippen LogP contribution < -0.4 is 5.73 Å². The third-order valence-corrected chi connectivity index (χ3v) is 8.66. The van der Waals surface area contributed by atoms with Crippen molar-refractivity contribution < 1.29 is 9.59 Å². The van der Waals surface area contributed by atoms with Gasteiger partial charge in [-0.05, 0) is 101 Å². The van der Waals surface area contributed by atoms with Gasteiger partial charge in [0.1, 0.15) is 0 Å². The summed E-state index contributed by atoms with van der Waals surface area (Å²) in [7, 11) is 0. The molecule has 1 aliphatic heterocycles. The Hall–Kier alpha value is -3.14. The Balaban J connectivity index is 1.49. The van der Waals surface area contributed by atoms with Crippen molar-refractivity contribution in [1.82, 2.24) is 4.90 Å². The van der Waals surface area contributed by atoms with Gasteiger partial charge in [-0.15, -0.1) is 0 Å². The number of rotatable bonds is 3. The quantitative estimate of drug-likeness (QED) is 0.671. The maximum Gasteiger partial charge on any atom is 0.249 e. The summed E-state index contributed by atoms with van der Waals surface area (Å²) in [5, 5.41) is 0. The van der Waals surface area contributed by atoms with E-state index in [0.717, 1.165) is 31.2 Å². The molecule has 0 radical (unpaired) electrons. The van der Waals surface area contributed by atoms with E-state index in [2.05, 4.69) is 30.8 Å². The molecule has 0 unspecified atom stereocenters. The fraction of sp³-hybridized carbons (Fsp3) is 0.379. The van der Waals surface area contributed by atoms with Gasteiger partial charge in [-0.25, -0.2) is 0 Å². The lowest BCUT2D eigenvalue weighted by molar-refractivity contribution is -0.126. The van der Waals surface area contributed by atoms with E-state index < -0.39 is 0 Å². The maximum absolute atomic E-state index is 12.3. The molecule has 2 aromatic carbocycles. The Labute approximate surface area is 195 Å². The number of hydrogen-bond acceptors (Lipinski definition) is 2. The van der Waals surface area contributed by atoms with Crippen LogP contribution in [0.5, 0.6) is 0 Å². The molecule has 3 aliphatic carbocycles. The summed E-state index contributed by atoms with van der Waals surface area (Å²) in [5.41, 5.74) is 17.4. The Morgan fingerprint density at radius 1 is 1.03 bits per heavy atom. The van der Waals surface area contributed by atoms with Crippen LogP contribution in [0.25, 0.3) is 16.7 Å². The van der Waals surface area contributed by atoms with E-state index in [1.165, 1.54) is 70.7 Å². The standard InChI is InChI=1S/C29H30N2O2/c1-2-26(32)31-14-10-20-19(17-31)5-3-6-21(20)22-7-8-23(28(30)33)24-15-18-9-13-29(11-4-12-29)16-25(18)27(22)24/h2-3,5-8H,1,4,9-17H2,(H2,30,33).